The van der Waals surface area contributed by atoms with E-state index >= 15 is 0 Å². The molecule has 0 saturated heterocycles. The molecule has 8 nitrogen and oxygen atoms in total. The summed E-state index contributed by atoms with van der Waals surface area (Å²) in [6, 6.07) is 6.91. The fourth-order valence-corrected chi connectivity index (χ4v) is 3.45. The molecule has 0 spiro atoms. The second-order valence-corrected chi connectivity index (χ2v) is 9.53. The zero-order valence-electron chi connectivity index (χ0n) is 18.7. The van der Waals surface area contributed by atoms with Crippen molar-refractivity contribution in [3.8, 4) is 10.6 Å². The van der Waals surface area contributed by atoms with Crippen LogP contribution in [0.25, 0.3) is 10.6 Å². The number of carbonyl (C=O) groups excluding carboxylic acids is 2. The Kier molecular flexibility index (Phi) is 7.77. The summed E-state index contributed by atoms with van der Waals surface area (Å²) in [5.41, 5.74) is 1.63. The summed E-state index contributed by atoms with van der Waals surface area (Å²) in [6.07, 6.45) is 0.744. The number of hydrogen-bond donors (Lipinski definition) is 3. The lowest BCUT2D eigenvalue weighted by Gasteiger charge is -2.26. The molecule has 0 aliphatic rings. The van der Waals surface area contributed by atoms with Crippen molar-refractivity contribution in [1.82, 2.24) is 20.8 Å². The van der Waals surface area contributed by atoms with Crippen molar-refractivity contribution in [2.24, 2.45) is 5.92 Å². The molecule has 1 heterocycles. The maximum Gasteiger partial charge on any atom is 0.315 e. The summed E-state index contributed by atoms with van der Waals surface area (Å²) in [4.78, 5) is 27.2. The molecule has 2 aromatic rings. The van der Waals surface area contributed by atoms with Crippen molar-refractivity contribution in [2.75, 3.05) is 24.3 Å². The number of urea groups is 1. The van der Waals surface area contributed by atoms with Crippen molar-refractivity contribution in [3.63, 3.8) is 0 Å². The van der Waals surface area contributed by atoms with Crippen LogP contribution in [0.3, 0.4) is 0 Å². The first kappa shape index (κ1) is 23.6. The van der Waals surface area contributed by atoms with E-state index in [0.29, 0.717) is 10.1 Å². The lowest BCUT2D eigenvalue weighted by Crippen LogP contribution is -2.54. The van der Waals surface area contributed by atoms with Crippen LogP contribution >= 0.6 is 11.3 Å². The van der Waals surface area contributed by atoms with Gasteiger partial charge in [0.2, 0.25) is 11.0 Å². The van der Waals surface area contributed by atoms with Gasteiger partial charge in [-0.3, -0.25) is 10.1 Å². The van der Waals surface area contributed by atoms with E-state index < -0.39 is 11.6 Å². The zero-order chi connectivity index (χ0) is 22.5. The molecule has 0 radical (unpaired) electrons. The highest BCUT2D eigenvalue weighted by molar-refractivity contribution is 7.18. The van der Waals surface area contributed by atoms with E-state index in [4.69, 9.17) is 0 Å². The highest BCUT2D eigenvalue weighted by atomic mass is 32.1. The normalized spacial score (nSPS) is 13.3. The van der Waals surface area contributed by atoms with Crippen LogP contribution in [0.5, 0.6) is 0 Å². The van der Waals surface area contributed by atoms with Gasteiger partial charge in [0.15, 0.2) is 0 Å². The van der Waals surface area contributed by atoms with Crippen LogP contribution in [0.4, 0.5) is 15.6 Å². The molecule has 0 aliphatic heterocycles. The van der Waals surface area contributed by atoms with Gasteiger partial charge >= 0.3 is 6.03 Å². The number of hydrogen-bond acceptors (Lipinski definition) is 6. The number of carbonyl (C=O) groups is 2. The third-order valence-corrected chi connectivity index (χ3v) is 5.44. The maximum absolute atomic E-state index is 12.9. The zero-order valence-corrected chi connectivity index (χ0v) is 19.6. The van der Waals surface area contributed by atoms with Crippen molar-refractivity contribution in [2.45, 2.75) is 52.6 Å². The standard InChI is InChI=1S/C21H32N6O2S/c1-8-13(2)16(22-19(29)24-21(3,4)5)17(28)23-20-26-25-18(30-20)14-9-11-15(12-10-14)27(6)7/h9-13,16H,8H2,1-7H3,(H2,22,24,29)(H,23,26,28). The monoisotopic (exact) mass is 432 g/mol. The minimum atomic E-state index is -0.677. The molecule has 0 fully saturated rings. The van der Waals surface area contributed by atoms with Gasteiger partial charge in [-0.05, 0) is 51.0 Å². The molecular weight excluding hydrogens is 400 g/mol. The van der Waals surface area contributed by atoms with E-state index in [9.17, 15) is 9.59 Å². The molecule has 2 atom stereocenters. The quantitative estimate of drug-likeness (QED) is 0.619. The molecule has 164 valence electrons. The van der Waals surface area contributed by atoms with E-state index in [1.165, 1.54) is 11.3 Å². The number of nitrogens with one attached hydrogen (secondary N) is 3. The summed E-state index contributed by atoms with van der Waals surface area (Å²) < 4.78 is 0. The Bertz CT molecular complexity index is 857. The Morgan fingerprint density at radius 2 is 1.77 bits per heavy atom. The minimum Gasteiger partial charge on any atom is -0.378 e. The second-order valence-electron chi connectivity index (χ2n) is 8.55. The van der Waals surface area contributed by atoms with Crippen LogP contribution in [0.2, 0.25) is 0 Å². The third kappa shape index (κ3) is 6.69. The molecule has 1 aromatic carbocycles. The van der Waals surface area contributed by atoms with Crippen LogP contribution in [-0.4, -0.2) is 47.8 Å². The van der Waals surface area contributed by atoms with Gasteiger partial charge in [0.25, 0.3) is 0 Å². The van der Waals surface area contributed by atoms with Gasteiger partial charge in [-0.15, -0.1) is 10.2 Å². The van der Waals surface area contributed by atoms with E-state index in [1.54, 1.807) is 0 Å². The van der Waals surface area contributed by atoms with Gasteiger partial charge in [-0.2, -0.15) is 0 Å². The SMILES string of the molecule is CCC(C)C(NC(=O)NC(C)(C)C)C(=O)Nc1nnc(-c2ccc(N(C)C)cc2)s1. The summed E-state index contributed by atoms with van der Waals surface area (Å²) in [5.74, 6) is -0.347. The first-order valence-electron chi connectivity index (χ1n) is 10.0. The highest BCUT2D eigenvalue weighted by Crippen LogP contribution is 2.28. The first-order valence-corrected chi connectivity index (χ1v) is 10.8. The molecule has 1 aromatic heterocycles. The van der Waals surface area contributed by atoms with Crippen molar-refractivity contribution in [1.29, 1.82) is 0 Å². The Labute approximate surface area is 182 Å². The smallest absolute Gasteiger partial charge is 0.315 e. The van der Waals surface area contributed by atoms with E-state index in [0.717, 1.165) is 17.7 Å². The van der Waals surface area contributed by atoms with Crippen molar-refractivity contribution >= 4 is 34.1 Å². The first-order chi connectivity index (χ1) is 14.0. The van der Waals surface area contributed by atoms with E-state index in [-0.39, 0.29) is 17.9 Å². The van der Waals surface area contributed by atoms with E-state index in [2.05, 4.69) is 26.1 Å². The molecule has 2 rings (SSSR count). The van der Waals surface area contributed by atoms with Crippen LogP contribution in [0, 0.1) is 5.92 Å². The Balaban J connectivity index is 2.09. The van der Waals surface area contributed by atoms with Crippen molar-refractivity contribution < 1.29 is 9.59 Å². The molecule has 0 aliphatic carbocycles. The van der Waals surface area contributed by atoms with Gasteiger partial charge in [0.1, 0.15) is 11.0 Å². The van der Waals surface area contributed by atoms with E-state index in [1.807, 2.05) is 77.9 Å². The number of nitrogens with zero attached hydrogens (tertiary/aromatic N) is 3. The third-order valence-electron chi connectivity index (χ3n) is 4.56. The number of benzene rings is 1. The predicted octanol–water partition coefficient (Wildman–Crippen LogP) is 3.72. The fraction of sp³-hybridized carbons (Fsp3) is 0.524. The predicted molar refractivity (Wildman–Crippen MR) is 123 cm³/mol. The summed E-state index contributed by atoms with van der Waals surface area (Å²) >= 11 is 1.30. The van der Waals surface area contributed by atoms with Gasteiger partial charge in [-0.25, -0.2) is 4.79 Å². The summed E-state index contributed by atoms with van der Waals surface area (Å²) in [5, 5.41) is 17.8. The highest BCUT2D eigenvalue weighted by Gasteiger charge is 2.28. The van der Waals surface area contributed by atoms with Crippen LogP contribution in [0.15, 0.2) is 24.3 Å². The average Bonchev–Trinajstić information content (AvgIpc) is 3.12. The molecule has 3 amide bonds. The van der Waals surface area contributed by atoms with Crippen LogP contribution < -0.4 is 20.9 Å². The molecule has 2 unspecified atom stereocenters. The topological polar surface area (TPSA) is 99.2 Å². The molecular formula is C21H32N6O2S. The molecule has 0 saturated carbocycles. The van der Waals surface area contributed by atoms with Crippen LogP contribution in [0.1, 0.15) is 41.0 Å². The average molecular weight is 433 g/mol. The Morgan fingerprint density at radius 1 is 1.13 bits per heavy atom. The molecule has 9 heteroatoms. The fourth-order valence-electron chi connectivity index (χ4n) is 2.70. The van der Waals surface area contributed by atoms with Crippen LogP contribution in [-0.2, 0) is 4.79 Å². The lowest BCUT2D eigenvalue weighted by molar-refractivity contribution is -0.119. The second kappa shape index (κ2) is 9.88. The van der Waals surface area contributed by atoms with Gasteiger partial charge in [0.05, 0.1) is 0 Å². The Hall–Kier alpha value is -2.68. The number of amides is 3. The minimum absolute atomic E-state index is 0.0401. The summed E-state index contributed by atoms with van der Waals surface area (Å²) in [6.45, 7) is 9.57. The largest absolute Gasteiger partial charge is 0.378 e. The molecule has 30 heavy (non-hydrogen) atoms. The maximum atomic E-state index is 12.9. The lowest BCUT2D eigenvalue weighted by atomic mass is 9.98. The number of aromatic nitrogens is 2. The number of anilines is 2. The summed E-state index contributed by atoms with van der Waals surface area (Å²) in [7, 11) is 3.97. The Morgan fingerprint density at radius 3 is 2.30 bits per heavy atom. The molecule has 3 N–H and O–H groups in total. The van der Waals surface area contributed by atoms with Gasteiger partial charge in [0, 0.05) is 30.9 Å². The van der Waals surface area contributed by atoms with Gasteiger partial charge < -0.3 is 15.5 Å². The number of rotatable bonds is 7. The van der Waals surface area contributed by atoms with Crippen molar-refractivity contribution in [3.05, 3.63) is 24.3 Å². The van der Waals surface area contributed by atoms with Gasteiger partial charge in [-0.1, -0.05) is 31.6 Å². The molecule has 0 bridgehead atoms.